The fourth-order valence-corrected chi connectivity index (χ4v) is 3.09. The third kappa shape index (κ3) is 6.16. The van der Waals surface area contributed by atoms with E-state index >= 15 is 0 Å². The van der Waals surface area contributed by atoms with E-state index in [1.54, 1.807) is 6.92 Å². The van der Waals surface area contributed by atoms with Crippen LogP contribution in [0.4, 0.5) is 0 Å². The Morgan fingerprint density at radius 2 is 1.64 bits per heavy atom. The largest absolute Gasteiger partial charge is 0.481 e. The van der Waals surface area contributed by atoms with Gasteiger partial charge in [0.25, 0.3) is 0 Å². The van der Waals surface area contributed by atoms with Crippen LogP contribution in [0.25, 0.3) is 0 Å². The summed E-state index contributed by atoms with van der Waals surface area (Å²) in [5, 5.41) is 9.38. The van der Waals surface area contributed by atoms with Gasteiger partial charge in [0.15, 0.2) is 5.92 Å². The summed E-state index contributed by atoms with van der Waals surface area (Å²) >= 11 is 0. The van der Waals surface area contributed by atoms with Crippen LogP contribution in [0, 0.1) is 11.8 Å². The van der Waals surface area contributed by atoms with Crippen molar-refractivity contribution in [3.05, 3.63) is 0 Å². The molecule has 126 valence electrons. The van der Waals surface area contributed by atoms with Gasteiger partial charge in [0.05, 0.1) is 6.61 Å². The van der Waals surface area contributed by atoms with E-state index in [-0.39, 0.29) is 12.4 Å². The highest BCUT2D eigenvalue weighted by atomic mass is 16.5. The zero-order valence-corrected chi connectivity index (χ0v) is 13.5. The average Bonchev–Trinajstić information content (AvgIpc) is 2.45. The highest BCUT2D eigenvalue weighted by molar-refractivity contribution is 5.99. The van der Waals surface area contributed by atoms with Crippen LogP contribution >= 0.6 is 0 Å². The number of aliphatic carboxylic acids is 1. The molecule has 1 aliphatic rings. The van der Waals surface area contributed by atoms with Crippen molar-refractivity contribution in [3.8, 4) is 0 Å². The van der Waals surface area contributed by atoms with Crippen LogP contribution in [0.1, 0.15) is 71.1 Å². The predicted molar refractivity (Wildman–Crippen MR) is 82.4 cm³/mol. The number of carboxylic acids is 1. The van der Waals surface area contributed by atoms with E-state index in [0.717, 1.165) is 38.5 Å². The van der Waals surface area contributed by atoms with Gasteiger partial charge in [-0.3, -0.25) is 14.4 Å². The zero-order chi connectivity index (χ0) is 16.4. The van der Waals surface area contributed by atoms with Gasteiger partial charge in [0.1, 0.15) is 5.78 Å². The van der Waals surface area contributed by atoms with Crippen molar-refractivity contribution < 1.29 is 24.2 Å². The van der Waals surface area contributed by atoms with E-state index in [0.29, 0.717) is 12.8 Å². The molecule has 0 saturated heterocycles. The molecule has 1 fully saturated rings. The summed E-state index contributed by atoms with van der Waals surface area (Å²) in [6, 6.07) is 0. The van der Waals surface area contributed by atoms with Crippen molar-refractivity contribution >= 4 is 17.7 Å². The second-order valence-corrected chi connectivity index (χ2v) is 6.01. The maximum Gasteiger partial charge on any atom is 0.321 e. The van der Waals surface area contributed by atoms with Crippen LogP contribution < -0.4 is 0 Å². The molecule has 0 radical (unpaired) electrons. The van der Waals surface area contributed by atoms with E-state index < -0.39 is 23.8 Å². The quantitative estimate of drug-likeness (QED) is 0.636. The lowest BCUT2D eigenvalue weighted by Crippen LogP contribution is -2.37. The molecule has 5 nitrogen and oxygen atoms in total. The zero-order valence-electron chi connectivity index (χ0n) is 13.5. The SMILES string of the molecule is CCOC(=O)C(C(=O)O)C1CCCCCCCCCCC1=O. The van der Waals surface area contributed by atoms with Gasteiger partial charge in [-0.1, -0.05) is 44.9 Å². The Labute approximate surface area is 132 Å². The summed E-state index contributed by atoms with van der Waals surface area (Å²) in [7, 11) is 0. The average molecular weight is 312 g/mol. The molecule has 1 aliphatic carbocycles. The molecule has 2 atom stereocenters. The summed E-state index contributed by atoms with van der Waals surface area (Å²) in [6.45, 7) is 1.77. The van der Waals surface area contributed by atoms with E-state index in [1.165, 1.54) is 12.8 Å². The van der Waals surface area contributed by atoms with Crippen molar-refractivity contribution in [2.45, 2.75) is 71.1 Å². The molecular weight excluding hydrogens is 284 g/mol. The molecule has 0 aromatic heterocycles. The van der Waals surface area contributed by atoms with Crippen molar-refractivity contribution in [3.63, 3.8) is 0 Å². The molecule has 0 aliphatic heterocycles. The van der Waals surface area contributed by atoms with Crippen LogP contribution in [0.5, 0.6) is 0 Å². The molecule has 0 aromatic carbocycles. The summed E-state index contributed by atoms with van der Waals surface area (Å²) in [4.78, 5) is 35.8. The second kappa shape index (κ2) is 10.4. The lowest BCUT2D eigenvalue weighted by Gasteiger charge is -2.22. The number of esters is 1. The first-order valence-electron chi connectivity index (χ1n) is 8.50. The van der Waals surface area contributed by atoms with E-state index in [2.05, 4.69) is 0 Å². The van der Waals surface area contributed by atoms with Crippen molar-refractivity contribution in [1.82, 2.24) is 0 Å². The molecule has 22 heavy (non-hydrogen) atoms. The van der Waals surface area contributed by atoms with Crippen LogP contribution in [-0.4, -0.2) is 29.4 Å². The van der Waals surface area contributed by atoms with E-state index in [4.69, 9.17) is 4.74 Å². The number of carbonyl (C=O) groups excluding carboxylic acids is 2. The van der Waals surface area contributed by atoms with Crippen LogP contribution in [0.2, 0.25) is 0 Å². The fraction of sp³-hybridized carbons (Fsp3) is 0.824. The number of hydrogen-bond acceptors (Lipinski definition) is 4. The highest BCUT2D eigenvalue weighted by Crippen LogP contribution is 2.26. The summed E-state index contributed by atoms with van der Waals surface area (Å²) in [6.07, 6.45) is 9.02. The van der Waals surface area contributed by atoms with Crippen molar-refractivity contribution in [1.29, 1.82) is 0 Å². The van der Waals surface area contributed by atoms with Gasteiger partial charge in [-0.25, -0.2) is 0 Å². The van der Waals surface area contributed by atoms with Gasteiger partial charge < -0.3 is 9.84 Å². The van der Waals surface area contributed by atoms with E-state index in [9.17, 15) is 19.5 Å². The van der Waals surface area contributed by atoms with Gasteiger partial charge in [0, 0.05) is 12.3 Å². The lowest BCUT2D eigenvalue weighted by molar-refractivity contribution is -0.163. The predicted octanol–water partition coefficient (Wildman–Crippen LogP) is 3.35. The molecule has 0 aromatic rings. The smallest absolute Gasteiger partial charge is 0.321 e. The topological polar surface area (TPSA) is 80.7 Å². The lowest BCUT2D eigenvalue weighted by atomic mass is 9.82. The fourth-order valence-electron chi connectivity index (χ4n) is 3.09. The molecule has 0 amide bonds. The highest BCUT2D eigenvalue weighted by Gasteiger charge is 2.39. The Morgan fingerprint density at radius 1 is 1.09 bits per heavy atom. The molecule has 1 saturated carbocycles. The monoisotopic (exact) mass is 312 g/mol. The van der Waals surface area contributed by atoms with Gasteiger partial charge in [-0.05, 0) is 19.8 Å². The number of ketones is 1. The number of carboxylic acid groups (broad SMARTS) is 1. The molecule has 0 spiro atoms. The first-order valence-corrected chi connectivity index (χ1v) is 8.50. The number of rotatable bonds is 4. The van der Waals surface area contributed by atoms with Crippen LogP contribution in [-0.2, 0) is 19.1 Å². The number of hydrogen-bond donors (Lipinski definition) is 1. The summed E-state index contributed by atoms with van der Waals surface area (Å²) < 4.78 is 4.87. The summed E-state index contributed by atoms with van der Waals surface area (Å²) in [5.41, 5.74) is 0. The molecule has 5 heteroatoms. The second-order valence-electron chi connectivity index (χ2n) is 6.01. The molecule has 0 bridgehead atoms. The minimum absolute atomic E-state index is 0.0963. The molecule has 1 N–H and O–H groups in total. The van der Waals surface area contributed by atoms with Crippen LogP contribution in [0.15, 0.2) is 0 Å². The maximum atomic E-state index is 12.4. The Morgan fingerprint density at radius 3 is 2.18 bits per heavy atom. The molecule has 0 heterocycles. The number of Topliss-reactive ketones (excluding diaryl/α,β-unsaturated/α-hetero) is 1. The van der Waals surface area contributed by atoms with Gasteiger partial charge >= 0.3 is 11.9 Å². The first-order chi connectivity index (χ1) is 10.6. The Balaban J connectivity index is 2.82. The van der Waals surface area contributed by atoms with Crippen molar-refractivity contribution in [2.24, 2.45) is 11.8 Å². The third-order valence-electron chi connectivity index (χ3n) is 4.31. The van der Waals surface area contributed by atoms with Gasteiger partial charge in [-0.15, -0.1) is 0 Å². The van der Waals surface area contributed by atoms with Gasteiger partial charge in [-0.2, -0.15) is 0 Å². The minimum atomic E-state index is -1.35. The van der Waals surface area contributed by atoms with E-state index in [1.807, 2.05) is 0 Å². The maximum absolute atomic E-state index is 12.4. The Bertz CT molecular complexity index is 377. The standard InChI is InChI=1S/C17H28O5/c1-2-22-17(21)15(16(19)20)13-11-9-7-5-3-4-6-8-10-12-14(13)18/h13,15H,2-12H2,1H3,(H,19,20). The molecular formula is C17H28O5. The summed E-state index contributed by atoms with van der Waals surface area (Å²) in [5.74, 6) is -4.21. The van der Waals surface area contributed by atoms with Gasteiger partial charge in [0.2, 0.25) is 0 Å². The Hall–Kier alpha value is -1.39. The first kappa shape index (κ1) is 18.7. The van der Waals surface area contributed by atoms with Crippen LogP contribution in [0.3, 0.4) is 0 Å². The van der Waals surface area contributed by atoms with Crippen molar-refractivity contribution in [2.75, 3.05) is 6.61 Å². The number of carbonyl (C=O) groups is 3. The Kier molecular flexibility index (Phi) is 8.78. The third-order valence-corrected chi connectivity index (χ3v) is 4.31. The normalized spacial score (nSPS) is 23.0. The molecule has 2 unspecified atom stereocenters. The molecule has 1 rings (SSSR count). The number of ether oxygens (including phenoxy) is 1. The minimum Gasteiger partial charge on any atom is -0.481 e.